The van der Waals surface area contributed by atoms with E-state index in [9.17, 15) is 13.2 Å². The molecular formula is C24H23ClN2O6S. The summed E-state index contributed by atoms with van der Waals surface area (Å²) < 4.78 is 44.8. The summed E-state index contributed by atoms with van der Waals surface area (Å²) in [4.78, 5) is 13.0. The third-order valence-corrected chi connectivity index (χ3v) is 6.94. The summed E-state index contributed by atoms with van der Waals surface area (Å²) >= 11 is 6.02. The maximum absolute atomic E-state index is 13.2. The Kier molecular flexibility index (Phi) is 7.26. The molecule has 0 bridgehead atoms. The standard InChI is InChI=1S/C24H23ClN2O6S/c1-31-21-10-8-18(25)13-23(21)34(29,30)27-19(11-16-5-3-2-4-6-16)24(28)26-14-17-7-9-20-22(12-17)33-15-32-20/h2-10,12-13,19,27H,11,14-15H2,1H3,(H,26,28). The van der Waals surface area contributed by atoms with Gasteiger partial charge in [-0.15, -0.1) is 0 Å². The highest BCUT2D eigenvalue weighted by Crippen LogP contribution is 2.32. The highest BCUT2D eigenvalue weighted by Gasteiger charge is 2.28. The van der Waals surface area contributed by atoms with Crippen molar-refractivity contribution in [3.8, 4) is 17.2 Å². The minimum Gasteiger partial charge on any atom is -0.495 e. The summed E-state index contributed by atoms with van der Waals surface area (Å²) in [6, 6.07) is 17.7. The van der Waals surface area contributed by atoms with E-state index in [0.717, 1.165) is 11.1 Å². The number of halogens is 1. The van der Waals surface area contributed by atoms with Crippen LogP contribution in [0.25, 0.3) is 0 Å². The molecule has 1 amide bonds. The van der Waals surface area contributed by atoms with Gasteiger partial charge < -0.3 is 19.5 Å². The molecule has 1 heterocycles. The average Bonchev–Trinajstić information content (AvgIpc) is 3.30. The molecule has 1 atom stereocenters. The van der Waals surface area contributed by atoms with Gasteiger partial charge in [-0.1, -0.05) is 48.0 Å². The molecule has 1 aliphatic heterocycles. The number of fused-ring (bicyclic) bond motifs is 1. The van der Waals surface area contributed by atoms with Gasteiger partial charge in [-0.25, -0.2) is 8.42 Å². The fourth-order valence-electron chi connectivity index (χ4n) is 3.51. The summed E-state index contributed by atoms with van der Waals surface area (Å²) in [5.74, 6) is 0.879. The molecule has 8 nitrogen and oxygen atoms in total. The molecule has 0 aromatic heterocycles. The van der Waals surface area contributed by atoms with Gasteiger partial charge in [0.2, 0.25) is 22.7 Å². The van der Waals surface area contributed by atoms with Crippen molar-refractivity contribution in [2.24, 2.45) is 0 Å². The summed E-state index contributed by atoms with van der Waals surface area (Å²) in [5.41, 5.74) is 1.59. The highest BCUT2D eigenvalue weighted by atomic mass is 35.5. The number of benzene rings is 3. The minimum atomic E-state index is -4.14. The zero-order valence-electron chi connectivity index (χ0n) is 18.3. The number of amides is 1. The molecule has 3 aromatic carbocycles. The molecule has 0 spiro atoms. The second-order valence-corrected chi connectivity index (χ2v) is 9.68. The van der Waals surface area contributed by atoms with Crippen LogP contribution in [0.4, 0.5) is 0 Å². The molecule has 4 rings (SSSR count). The van der Waals surface area contributed by atoms with Crippen LogP contribution in [0.2, 0.25) is 5.02 Å². The van der Waals surface area contributed by atoms with Gasteiger partial charge >= 0.3 is 0 Å². The van der Waals surface area contributed by atoms with Crippen LogP contribution in [0.3, 0.4) is 0 Å². The smallest absolute Gasteiger partial charge is 0.245 e. The number of sulfonamides is 1. The molecule has 0 radical (unpaired) electrons. The molecule has 0 saturated carbocycles. The summed E-state index contributed by atoms with van der Waals surface area (Å²) in [7, 11) is -2.77. The van der Waals surface area contributed by atoms with Crippen LogP contribution in [-0.2, 0) is 27.8 Å². The van der Waals surface area contributed by atoms with E-state index in [-0.39, 0.29) is 35.4 Å². The van der Waals surface area contributed by atoms with Crippen LogP contribution in [0.5, 0.6) is 17.2 Å². The van der Waals surface area contributed by atoms with E-state index < -0.39 is 22.0 Å². The predicted octanol–water partition coefficient (Wildman–Crippen LogP) is 3.28. The van der Waals surface area contributed by atoms with Gasteiger partial charge in [0.1, 0.15) is 16.7 Å². The third kappa shape index (κ3) is 5.61. The molecule has 2 N–H and O–H groups in total. The first-order valence-corrected chi connectivity index (χ1v) is 12.3. The lowest BCUT2D eigenvalue weighted by Gasteiger charge is -2.20. The van der Waals surface area contributed by atoms with Gasteiger partial charge in [0.05, 0.1) is 7.11 Å². The van der Waals surface area contributed by atoms with E-state index in [1.54, 1.807) is 18.2 Å². The van der Waals surface area contributed by atoms with Crippen molar-refractivity contribution in [3.63, 3.8) is 0 Å². The van der Waals surface area contributed by atoms with E-state index in [2.05, 4.69) is 10.0 Å². The summed E-state index contributed by atoms with van der Waals surface area (Å²) in [6.45, 7) is 0.335. The van der Waals surface area contributed by atoms with Crippen molar-refractivity contribution in [2.45, 2.75) is 23.9 Å². The van der Waals surface area contributed by atoms with Gasteiger partial charge in [-0.05, 0) is 47.9 Å². The first kappa shape index (κ1) is 23.9. The fourth-order valence-corrected chi connectivity index (χ4v) is 5.14. The first-order valence-electron chi connectivity index (χ1n) is 10.4. The Labute approximate surface area is 202 Å². The third-order valence-electron chi connectivity index (χ3n) is 5.22. The molecule has 178 valence electrons. The van der Waals surface area contributed by atoms with Crippen molar-refractivity contribution in [1.82, 2.24) is 10.0 Å². The van der Waals surface area contributed by atoms with Crippen molar-refractivity contribution >= 4 is 27.5 Å². The SMILES string of the molecule is COc1ccc(Cl)cc1S(=O)(=O)NC(Cc1ccccc1)C(=O)NCc1ccc2c(c1)OCO2. The van der Waals surface area contributed by atoms with Gasteiger partial charge in [-0.2, -0.15) is 4.72 Å². The van der Waals surface area contributed by atoms with Crippen LogP contribution in [0, 0.1) is 0 Å². The normalized spacial score (nSPS) is 13.4. The zero-order chi connectivity index (χ0) is 24.1. The molecule has 0 saturated heterocycles. The van der Waals surface area contributed by atoms with Gasteiger partial charge in [0.25, 0.3) is 0 Å². The van der Waals surface area contributed by atoms with E-state index >= 15 is 0 Å². The van der Waals surface area contributed by atoms with Crippen LogP contribution in [-0.4, -0.2) is 34.3 Å². The molecule has 34 heavy (non-hydrogen) atoms. The minimum absolute atomic E-state index is 0.121. The number of rotatable bonds is 9. The highest BCUT2D eigenvalue weighted by molar-refractivity contribution is 7.89. The lowest BCUT2D eigenvalue weighted by molar-refractivity contribution is -0.122. The lowest BCUT2D eigenvalue weighted by Crippen LogP contribution is -2.47. The molecule has 0 aliphatic carbocycles. The lowest BCUT2D eigenvalue weighted by atomic mass is 10.1. The first-order chi connectivity index (χ1) is 16.4. The van der Waals surface area contributed by atoms with E-state index in [0.29, 0.717) is 11.5 Å². The molecule has 3 aromatic rings. The van der Waals surface area contributed by atoms with Crippen LogP contribution in [0.15, 0.2) is 71.6 Å². The van der Waals surface area contributed by atoms with E-state index in [4.69, 9.17) is 25.8 Å². The summed E-state index contributed by atoms with van der Waals surface area (Å²) in [5, 5.41) is 3.03. The Morgan fingerprint density at radius 3 is 2.56 bits per heavy atom. The van der Waals surface area contributed by atoms with Crippen molar-refractivity contribution in [1.29, 1.82) is 0 Å². The second kappa shape index (κ2) is 10.3. The van der Waals surface area contributed by atoms with Crippen LogP contribution < -0.4 is 24.2 Å². The number of carbonyl (C=O) groups is 1. The van der Waals surface area contributed by atoms with E-state index in [1.165, 1.54) is 25.3 Å². The molecule has 0 fully saturated rings. The van der Waals surface area contributed by atoms with Gasteiger partial charge in [0, 0.05) is 11.6 Å². The Morgan fingerprint density at radius 1 is 1.03 bits per heavy atom. The number of hydrogen-bond donors (Lipinski definition) is 2. The monoisotopic (exact) mass is 502 g/mol. The van der Waals surface area contributed by atoms with Crippen molar-refractivity contribution < 1.29 is 27.4 Å². The molecule has 1 aliphatic rings. The number of carbonyl (C=O) groups excluding carboxylic acids is 1. The number of hydrogen-bond acceptors (Lipinski definition) is 6. The second-order valence-electron chi connectivity index (χ2n) is 7.56. The maximum Gasteiger partial charge on any atom is 0.245 e. The maximum atomic E-state index is 13.2. The van der Waals surface area contributed by atoms with Crippen LogP contribution in [0.1, 0.15) is 11.1 Å². The van der Waals surface area contributed by atoms with Crippen LogP contribution >= 0.6 is 11.6 Å². The number of nitrogens with one attached hydrogen (secondary N) is 2. The van der Waals surface area contributed by atoms with E-state index in [1.807, 2.05) is 30.3 Å². The van der Waals surface area contributed by atoms with Crippen molar-refractivity contribution in [3.05, 3.63) is 82.9 Å². The van der Waals surface area contributed by atoms with Gasteiger partial charge in [-0.3, -0.25) is 4.79 Å². The molecule has 1 unspecified atom stereocenters. The Balaban J connectivity index is 1.55. The Morgan fingerprint density at radius 2 is 1.79 bits per heavy atom. The summed E-state index contributed by atoms with van der Waals surface area (Å²) in [6.07, 6.45) is 0.149. The Hall–Kier alpha value is -3.27. The zero-order valence-corrected chi connectivity index (χ0v) is 19.9. The largest absolute Gasteiger partial charge is 0.495 e. The fraction of sp³-hybridized carbons (Fsp3) is 0.208. The molecule has 10 heteroatoms. The average molecular weight is 503 g/mol. The molecular weight excluding hydrogens is 480 g/mol. The number of ether oxygens (including phenoxy) is 3. The topological polar surface area (TPSA) is 103 Å². The predicted molar refractivity (Wildman–Crippen MR) is 127 cm³/mol. The number of methoxy groups -OCH3 is 1. The van der Waals surface area contributed by atoms with Crippen molar-refractivity contribution in [2.75, 3.05) is 13.9 Å². The Bertz CT molecular complexity index is 1280. The van der Waals surface area contributed by atoms with Gasteiger partial charge in [0.15, 0.2) is 11.5 Å². The quantitative estimate of drug-likeness (QED) is 0.465.